The first-order chi connectivity index (χ1) is 29.8. The molecule has 9 aromatic carbocycles. The fourth-order valence-electron chi connectivity index (χ4n) is 9.72. The van der Waals surface area contributed by atoms with Gasteiger partial charge in [-0.25, -0.2) is 15.0 Å². The summed E-state index contributed by atoms with van der Waals surface area (Å²) in [5.74, 6) is 1.73. The van der Waals surface area contributed by atoms with Gasteiger partial charge in [-0.2, -0.15) is 0 Å². The van der Waals surface area contributed by atoms with E-state index in [1.165, 1.54) is 33.0 Å². The Kier molecular flexibility index (Phi) is 7.72. The van der Waals surface area contributed by atoms with E-state index in [-0.39, 0.29) is 0 Å². The molecule has 2 aromatic heterocycles. The third kappa shape index (κ3) is 5.07. The summed E-state index contributed by atoms with van der Waals surface area (Å²) in [7, 11) is 0. The molecule has 0 N–H and O–H groups in total. The van der Waals surface area contributed by atoms with E-state index < -0.39 is 5.41 Å². The van der Waals surface area contributed by atoms with Gasteiger partial charge in [0, 0.05) is 21.9 Å². The maximum atomic E-state index is 6.64. The Bertz CT molecular complexity index is 3400. The highest BCUT2D eigenvalue weighted by molar-refractivity contribution is 6.09. The Morgan fingerprint density at radius 1 is 0.317 bits per heavy atom. The van der Waals surface area contributed by atoms with Crippen molar-refractivity contribution in [2.75, 3.05) is 0 Å². The van der Waals surface area contributed by atoms with Gasteiger partial charge in [0.15, 0.2) is 17.5 Å². The molecule has 2 heterocycles. The highest BCUT2D eigenvalue weighted by Gasteiger charge is 2.48. The predicted octanol–water partition coefficient (Wildman–Crippen LogP) is 14.0. The summed E-state index contributed by atoms with van der Waals surface area (Å²) >= 11 is 0. The van der Waals surface area contributed by atoms with Crippen molar-refractivity contribution in [3.8, 4) is 56.4 Å². The minimum Gasteiger partial charge on any atom is -0.455 e. The van der Waals surface area contributed by atoms with Crippen LogP contribution < -0.4 is 0 Å². The quantitative estimate of drug-likeness (QED) is 0.169. The van der Waals surface area contributed by atoms with E-state index in [2.05, 4.69) is 194 Å². The van der Waals surface area contributed by atoms with Crippen molar-refractivity contribution >= 4 is 32.7 Å². The first kappa shape index (κ1) is 34.1. The van der Waals surface area contributed by atoms with Crippen LogP contribution in [-0.2, 0) is 5.41 Å². The number of benzene rings is 9. The van der Waals surface area contributed by atoms with Crippen molar-refractivity contribution < 1.29 is 4.42 Å². The van der Waals surface area contributed by atoms with Gasteiger partial charge < -0.3 is 4.42 Å². The van der Waals surface area contributed by atoms with Crippen LogP contribution in [0.5, 0.6) is 0 Å². The van der Waals surface area contributed by atoms with Crippen LogP contribution in [0.3, 0.4) is 0 Å². The van der Waals surface area contributed by atoms with Crippen LogP contribution in [-0.4, -0.2) is 15.0 Å². The number of rotatable bonds is 6. The zero-order valence-corrected chi connectivity index (χ0v) is 32.5. The summed E-state index contributed by atoms with van der Waals surface area (Å²) in [5.41, 5.74) is 12.9. The van der Waals surface area contributed by atoms with Crippen molar-refractivity contribution in [1.82, 2.24) is 15.0 Å². The SMILES string of the molecule is c1ccc(C2(c3ccccc3)c3ccccc3-c3cccc(-c4nc(-c5ccccc5-c5cccc6ccccc56)nc(-c5cccc6c5oc5ccccc56)n4)c32)cc1. The molecule has 0 amide bonds. The fourth-order valence-corrected chi connectivity index (χ4v) is 9.72. The van der Waals surface area contributed by atoms with Gasteiger partial charge >= 0.3 is 0 Å². The average molecular weight is 766 g/mol. The Balaban J connectivity index is 1.19. The van der Waals surface area contributed by atoms with Crippen molar-refractivity contribution in [3.63, 3.8) is 0 Å². The molecule has 4 heteroatoms. The van der Waals surface area contributed by atoms with Gasteiger partial charge in [0.2, 0.25) is 0 Å². The lowest BCUT2D eigenvalue weighted by Crippen LogP contribution is -2.29. The lowest BCUT2D eigenvalue weighted by molar-refractivity contribution is 0.669. The number of furan rings is 1. The Hall–Kier alpha value is -7.95. The normalized spacial score (nSPS) is 12.8. The van der Waals surface area contributed by atoms with Crippen molar-refractivity contribution in [2.24, 2.45) is 0 Å². The van der Waals surface area contributed by atoms with E-state index in [1.807, 2.05) is 18.2 Å². The molecule has 1 aliphatic rings. The first-order valence-electron chi connectivity index (χ1n) is 20.4. The van der Waals surface area contributed by atoms with Gasteiger partial charge in [-0.3, -0.25) is 0 Å². The molecule has 0 saturated heterocycles. The van der Waals surface area contributed by atoms with Crippen LogP contribution in [0.4, 0.5) is 0 Å². The van der Waals surface area contributed by atoms with Crippen molar-refractivity contribution in [3.05, 3.63) is 235 Å². The van der Waals surface area contributed by atoms with E-state index in [0.717, 1.165) is 60.9 Å². The van der Waals surface area contributed by atoms with Crippen molar-refractivity contribution in [2.45, 2.75) is 5.41 Å². The van der Waals surface area contributed by atoms with Gasteiger partial charge in [-0.05, 0) is 67.4 Å². The Morgan fingerprint density at radius 2 is 0.800 bits per heavy atom. The molecule has 0 saturated carbocycles. The van der Waals surface area contributed by atoms with Crippen LogP contribution in [0.1, 0.15) is 22.3 Å². The third-order valence-electron chi connectivity index (χ3n) is 12.2. The van der Waals surface area contributed by atoms with E-state index in [1.54, 1.807) is 0 Å². The molecule has 4 nitrogen and oxygen atoms in total. The van der Waals surface area contributed by atoms with Gasteiger partial charge in [0.1, 0.15) is 11.2 Å². The molecule has 0 radical (unpaired) electrons. The zero-order chi connectivity index (χ0) is 39.6. The van der Waals surface area contributed by atoms with Crippen molar-refractivity contribution in [1.29, 1.82) is 0 Å². The standard InChI is InChI=1S/C56H35N3O/c1-3-20-37(21-4-1)56(38-22-5-2-6-23-38)49-34-13-11-26-42(49)44-30-16-32-47(51(44)56)54-57-53(46-28-10-9-25-41(46)40-29-15-19-36-18-7-8-24-39(36)40)58-55(59-54)48-33-17-31-45-43-27-12-14-35-50(43)60-52(45)48/h1-35H. The summed E-state index contributed by atoms with van der Waals surface area (Å²) in [4.78, 5) is 16.4. The summed E-state index contributed by atoms with van der Waals surface area (Å²) in [6.07, 6.45) is 0. The molecule has 0 spiro atoms. The van der Waals surface area contributed by atoms with E-state index >= 15 is 0 Å². The molecule has 60 heavy (non-hydrogen) atoms. The predicted molar refractivity (Wildman–Crippen MR) is 244 cm³/mol. The highest BCUT2D eigenvalue weighted by Crippen LogP contribution is 2.58. The number of hydrogen-bond acceptors (Lipinski definition) is 4. The number of hydrogen-bond donors (Lipinski definition) is 0. The maximum absolute atomic E-state index is 6.64. The smallest absolute Gasteiger partial charge is 0.167 e. The fraction of sp³-hybridized carbons (Fsp3) is 0.0179. The maximum Gasteiger partial charge on any atom is 0.167 e. The van der Waals surface area contributed by atoms with Gasteiger partial charge in [0.05, 0.1) is 11.0 Å². The minimum atomic E-state index is -0.655. The largest absolute Gasteiger partial charge is 0.455 e. The minimum absolute atomic E-state index is 0.547. The molecular weight excluding hydrogens is 731 g/mol. The summed E-state index contributed by atoms with van der Waals surface area (Å²) < 4.78 is 6.64. The molecule has 0 fully saturated rings. The number of fused-ring (bicyclic) bond motifs is 7. The Morgan fingerprint density at radius 3 is 1.58 bits per heavy atom. The zero-order valence-electron chi connectivity index (χ0n) is 32.5. The van der Waals surface area contributed by atoms with Crippen LogP contribution in [0, 0.1) is 0 Å². The van der Waals surface area contributed by atoms with Crippen LogP contribution in [0.15, 0.2) is 217 Å². The number of para-hydroxylation sites is 2. The van der Waals surface area contributed by atoms with E-state index in [4.69, 9.17) is 19.4 Å². The van der Waals surface area contributed by atoms with Gasteiger partial charge in [0.25, 0.3) is 0 Å². The third-order valence-corrected chi connectivity index (χ3v) is 12.2. The number of nitrogens with zero attached hydrogens (tertiary/aromatic N) is 3. The van der Waals surface area contributed by atoms with E-state index in [9.17, 15) is 0 Å². The van der Waals surface area contributed by atoms with Crippen LogP contribution in [0.2, 0.25) is 0 Å². The molecule has 12 rings (SSSR count). The highest BCUT2D eigenvalue weighted by atomic mass is 16.3. The first-order valence-corrected chi connectivity index (χ1v) is 20.4. The average Bonchev–Trinajstić information content (AvgIpc) is 3.86. The monoisotopic (exact) mass is 765 g/mol. The summed E-state index contributed by atoms with van der Waals surface area (Å²) in [6, 6.07) is 75.0. The molecule has 11 aromatic rings. The lowest BCUT2D eigenvalue weighted by atomic mass is 9.66. The molecule has 280 valence electrons. The number of aromatic nitrogens is 3. The van der Waals surface area contributed by atoms with Gasteiger partial charge in [-0.1, -0.05) is 200 Å². The molecule has 0 bridgehead atoms. The van der Waals surface area contributed by atoms with Crippen LogP contribution in [0.25, 0.3) is 89.1 Å². The second kappa shape index (κ2) is 13.6. The second-order valence-electron chi connectivity index (χ2n) is 15.4. The topological polar surface area (TPSA) is 51.8 Å². The van der Waals surface area contributed by atoms with Crippen LogP contribution >= 0.6 is 0 Å². The van der Waals surface area contributed by atoms with Gasteiger partial charge in [-0.15, -0.1) is 0 Å². The van der Waals surface area contributed by atoms with E-state index in [0.29, 0.717) is 17.5 Å². The lowest BCUT2D eigenvalue weighted by Gasteiger charge is -2.35. The molecule has 0 aliphatic heterocycles. The summed E-state index contributed by atoms with van der Waals surface area (Å²) in [6.45, 7) is 0. The Labute approximate surface area is 347 Å². The second-order valence-corrected chi connectivity index (χ2v) is 15.4. The molecule has 0 unspecified atom stereocenters. The molecular formula is C56H35N3O. The summed E-state index contributed by atoms with van der Waals surface area (Å²) in [5, 5.41) is 4.42. The molecule has 1 aliphatic carbocycles. The molecule has 0 atom stereocenters.